The van der Waals surface area contributed by atoms with Gasteiger partial charge in [-0.15, -0.1) is 0 Å². The summed E-state index contributed by atoms with van der Waals surface area (Å²) in [6.07, 6.45) is 49.5. The van der Waals surface area contributed by atoms with Crippen LogP contribution in [0.1, 0.15) is 245 Å². The van der Waals surface area contributed by atoms with Crippen molar-refractivity contribution in [1.29, 1.82) is 0 Å². The fourth-order valence-corrected chi connectivity index (χ4v) is 23.8. The first-order chi connectivity index (χ1) is 56.5. The molecule has 8 N–H and O–H groups in total. The lowest BCUT2D eigenvalue weighted by Gasteiger charge is -2.57. The Morgan fingerprint density at radius 3 is 1.17 bits per heavy atom. The number of aliphatic imine (C=N–C) groups is 1. The fourth-order valence-electron chi connectivity index (χ4n) is 23.6. The van der Waals surface area contributed by atoms with E-state index in [1.54, 1.807) is 44.0 Å². The van der Waals surface area contributed by atoms with Crippen LogP contribution in [0.4, 0.5) is 39.8 Å². The number of hydrogen-bond acceptors (Lipinski definition) is 24. The zero-order valence-corrected chi connectivity index (χ0v) is 68.6. The number of ether oxygens (including phenoxy) is 4. The lowest BCUT2D eigenvalue weighted by Crippen LogP contribution is -2.55. The zero-order valence-electron chi connectivity index (χ0n) is 67.8. The van der Waals surface area contributed by atoms with Gasteiger partial charge < -0.3 is 51.7 Å². The Kier molecular flexibility index (Phi) is 26.6. The lowest BCUT2D eigenvalue weighted by atomic mass is 9.53. The maximum Gasteiger partial charge on any atom is 0.338 e. The molecule has 117 heavy (non-hydrogen) atoms. The molecule has 0 radical (unpaired) electrons. The van der Waals surface area contributed by atoms with E-state index in [2.05, 4.69) is 51.2 Å². The van der Waals surface area contributed by atoms with Crippen LogP contribution in [-0.4, -0.2) is 120 Å². The van der Waals surface area contributed by atoms with Gasteiger partial charge in [-0.2, -0.15) is 0 Å². The molecule has 16 aliphatic carbocycles. The zero-order chi connectivity index (χ0) is 81.9. The first-order valence-corrected chi connectivity index (χ1v) is 42.8. The Morgan fingerprint density at radius 1 is 0.462 bits per heavy atom. The van der Waals surface area contributed by atoms with Gasteiger partial charge in [0.05, 0.1) is 93.3 Å². The number of nitrogen functional groups attached to an aromatic ring is 1. The summed E-state index contributed by atoms with van der Waals surface area (Å²) in [6, 6.07) is 20.7. The molecule has 0 spiro atoms. The highest BCUT2D eigenvalue weighted by molar-refractivity contribution is 6.32. The molecular formula is C91H113ClN14O11. The Bertz CT molecular complexity index is 4530. The summed E-state index contributed by atoms with van der Waals surface area (Å²) in [4.78, 5) is 95.7. The van der Waals surface area contributed by atoms with Crippen LogP contribution in [0.5, 0.6) is 0 Å². The molecule has 7 aromatic rings. The number of nitro groups is 1. The molecule has 23 rings (SSSR count). The summed E-state index contributed by atoms with van der Waals surface area (Å²) in [5.41, 5.74) is 22.5. The van der Waals surface area contributed by atoms with Crippen molar-refractivity contribution >= 4 is 87.8 Å². The van der Waals surface area contributed by atoms with Gasteiger partial charge in [-0.25, -0.2) is 49.1 Å². The van der Waals surface area contributed by atoms with Crippen LogP contribution in [0.3, 0.4) is 0 Å². The van der Waals surface area contributed by atoms with Crippen molar-refractivity contribution in [2.45, 2.75) is 210 Å². The first-order valence-electron chi connectivity index (χ1n) is 42.4. The van der Waals surface area contributed by atoms with Crippen LogP contribution < -0.4 is 32.7 Å². The second kappa shape index (κ2) is 37.3. The first kappa shape index (κ1) is 83.5. The number of halogens is 1. The normalized spacial score (nSPS) is 29.2. The van der Waals surface area contributed by atoms with E-state index in [0.29, 0.717) is 66.1 Å². The summed E-state index contributed by atoms with van der Waals surface area (Å²) in [5.74, 6) is 9.44. The minimum Gasteiger partial charge on any atom is -0.462 e. The highest BCUT2D eigenvalue weighted by Crippen LogP contribution is 2.60. The second-order valence-electron chi connectivity index (χ2n) is 35.7. The van der Waals surface area contributed by atoms with Gasteiger partial charge in [0.15, 0.2) is 6.29 Å². The van der Waals surface area contributed by atoms with Crippen molar-refractivity contribution in [2.75, 3.05) is 53.4 Å². The molecule has 0 unspecified atom stereocenters. The summed E-state index contributed by atoms with van der Waals surface area (Å²) >= 11 is 5.58. The Balaban J connectivity index is 0.000000121. The van der Waals surface area contributed by atoms with E-state index in [-0.39, 0.29) is 57.4 Å². The third-order valence-electron chi connectivity index (χ3n) is 26.4. The number of esters is 4. The van der Waals surface area contributed by atoms with E-state index in [0.717, 1.165) is 117 Å². The monoisotopic (exact) mass is 1610 g/mol. The molecule has 16 aliphatic rings. The maximum atomic E-state index is 12.3. The SMILES string of the molecule is CCOC(=O)c1ccc(Cl)c([N+](=O)[O-])c1.CCOC(=O)c1ccc(NC23CC4CC(CC(C4)C2)C3)c(N)c1.CCOC(=O)c1ccc(NC23CC4CC(CC(C4)C2)C3)c(N=Cc2cncnc2)c1.CCOC(=O)c1ccc(NC23CC4CC(CC(C4)C2)C3)c(NCc2cncnc2)c1.NC12CC3CC(CC(C3)C1)C2.O=Cc1cncnc1. The minimum atomic E-state index is -0.648. The molecule has 620 valence electrons. The topological polar surface area (TPSA) is 355 Å². The van der Waals surface area contributed by atoms with Gasteiger partial charge in [-0.3, -0.25) is 19.9 Å². The molecule has 0 aliphatic heterocycles. The molecule has 25 nitrogen and oxygen atoms in total. The third kappa shape index (κ3) is 21.1. The average molecular weight is 1610 g/mol. The number of anilines is 5. The fraction of sp³-hybridized carbons (Fsp3) is 0.538. The minimum absolute atomic E-state index is 0.00644. The third-order valence-corrected chi connectivity index (χ3v) is 26.7. The molecule has 16 bridgehead atoms. The Morgan fingerprint density at radius 2 is 0.795 bits per heavy atom. The second-order valence-corrected chi connectivity index (χ2v) is 36.1. The Labute approximate surface area is 690 Å². The molecule has 3 heterocycles. The van der Waals surface area contributed by atoms with Gasteiger partial charge in [0, 0.05) is 89.3 Å². The largest absolute Gasteiger partial charge is 0.462 e. The number of aldehydes is 1. The van der Waals surface area contributed by atoms with E-state index in [1.165, 1.54) is 198 Å². The van der Waals surface area contributed by atoms with Crippen molar-refractivity contribution < 1.29 is 47.8 Å². The number of carbonyl (C=O) groups excluding carboxylic acids is 5. The summed E-state index contributed by atoms with van der Waals surface area (Å²) in [6.45, 7) is 9.03. The number of nitrogens with zero attached hydrogens (tertiary/aromatic N) is 8. The predicted octanol–water partition coefficient (Wildman–Crippen LogP) is 17.9. The lowest BCUT2D eigenvalue weighted by molar-refractivity contribution is -0.384. The molecule has 4 aromatic carbocycles. The van der Waals surface area contributed by atoms with Crippen LogP contribution in [0, 0.1) is 81.1 Å². The average Bonchev–Trinajstić information content (AvgIpc) is 0.773. The van der Waals surface area contributed by atoms with Crippen LogP contribution >= 0.6 is 11.6 Å². The van der Waals surface area contributed by atoms with E-state index < -0.39 is 10.9 Å². The van der Waals surface area contributed by atoms with Gasteiger partial charge in [-0.05, 0) is 320 Å². The van der Waals surface area contributed by atoms with Crippen molar-refractivity contribution in [1.82, 2.24) is 29.9 Å². The van der Waals surface area contributed by atoms with Crippen LogP contribution in [0.15, 0.2) is 134 Å². The van der Waals surface area contributed by atoms with Crippen molar-refractivity contribution in [3.63, 3.8) is 0 Å². The quantitative estimate of drug-likeness (QED) is 0.00740. The van der Waals surface area contributed by atoms with E-state index in [9.17, 15) is 34.1 Å². The molecule has 0 saturated heterocycles. The summed E-state index contributed by atoms with van der Waals surface area (Å²) < 4.78 is 20.1. The van der Waals surface area contributed by atoms with Crippen molar-refractivity contribution in [3.8, 4) is 0 Å². The summed E-state index contributed by atoms with van der Waals surface area (Å²) in [5, 5.41) is 25.6. The number of nitrogens with one attached hydrogen (secondary N) is 4. The van der Waals surface area contributed by atoms with E-state index in [4.69, 9.17) is 47.0 Å². The number of aromatic nitrogens is 6. The number of nitro benzene ring substituents is 1. The number of hydrogen-bond donors (Lipinski definition) is 6. The van der Waals surface area contributed by atoms with Crippen LogP contribution in [0.25, 0.3) is 0 Å². The van der Waals surface area contributed by atoms with Crippen molar-refractivity contribution in [3.05, 3.63) is 183 Å². The Hall–Kier alpha value is -10.0. The van der Waals surface area contributed by atoms with Crippen LogP contribution in [0.2, 0.25) is 5.02 Å². The molecule has 16 fully saturated rings. The van der Waals surface area contributed by atoms with Gasteiger partial charge in [0.25, 0.3) is 5.69 Å². The van der Waals surface area contributed by atoms with Gasteiger partial charge in [-0.1, -0.05) is 11.6 Å². The van der Waals surface area contributed by atoms with Crippen LogP contribution in [-0.2, 0) is 25.5 Å². The maximum absolute atomic E-state index is 12.3. The number of rotatable bonds is 21. The predicted molar refractivity (Wildman–Crippen MR) is 450 cm³/mol. The summed E-state index contributed by atoms with van der Waals surface area (Å²) in [7, 11) is 0. The molecular weight excluding hydrogens is 1500 g/mol. The van der Waals surface area contributed by atoms with Crippen molar-refractivity contribution in [2.24, 2.45) is 81.7 Å². The number of benzene rings is 4. The van der Waals surface area contributed by atoms with Gasteiger partial charge in [0.1, 0.15) is 24.0 Å². The molecule has 16 saturated carbocycles. The van der Waals surface area contributed by atoms with E-state index in [1.807, 2.05) is 69.3 Å². The van der Waals surface area contributed by atoms with E-state index >= 15 is 0 Å². The molecule has 26 heteroatoms. The molecule has 0 amide bonds. The number of carbonyl (C=O) groups is 5. The van der Waals surface area contributed by atoms with Gasteiger partial charge in [0.2, 0.25) is 0 Å². The highest BCUT2D eigenvalue weighted by Gasteiger charge is 2.54. The molecule has 3 aromatic heterocycles. The standard InChI is InChI=1S/C24H30N4O2.C24H28N4O2.C19H26N2O2.C10H17N.C9H8ClNO4.C5H4N2O/c2*1-2-30-23(29)20-3-4-21(22(8-20)27-14-19-12-25-15-26-13-19)28-24-9-16-5-17(10-24)7-18(6-16)11-24;1-2-23-18(22)15-3-4-17(16(20)8-15)21-19-9-12-5-13(10-19)7-14(6-12)11-19;11-10-4-7-1-8(5-10)3-9(2-7)6-10;1-2-15-9(12)6-3-4-7(10)8(5-6)11(13)14;8-3-5-1-6-4-7-2-5/h3-4,8,12-13,15-18,27-28H,2,5-7,9-11,14H2,1H3;3-4,8,12-18,28H,2,5-7,9-11H2,1H3;3-4,8,12-14,21H,2,5-7,9-11,20H2,1H3;7-9H,1-6,11H2;3-5H,2H2,1H3;1-4H. The van der Waals surface area contributed by atoms with Gasteiger partial charge >= 0.3 is 23.9 Å². The highest BCUT2D eigenvalue weighted by atomic mass is 35.5. The number of nitrogens with two attached hydrogens (primary N) is 2. The molecule has 0 atom stereocenters. The smallest absolute Gasteiger partial charge is 0.338 e.